The van der Waals surface area contributed by atoms with Gasteiger partial charge < -0.3 is 15.0 Å². The zero-order chi connectivity index (χ0) is 24.3. The van der Waals surface area contributed by atoms with E-state index in [0.717, 1.165) is 29.1 Å². The Morgan fingerprint density at radius 1 is 0.857 bits per heavy atom. The number of hydrogen-bond acceptors (Lipinski definition) is 4. The second kappa shape index (κ2) is 13.1. The number of rotatable bonds is 11. The Morgan fingerprint density at radius 2 is 1.54 bits per heavy atom. The zero-order valence-electron chi connectivity index (χ0n) is 20.8. The molecule has 0 aromatic heterocycles. The Kier molecular flexibility index (Phi) is 9.32. The Hall–Kier alpha value is -3.15. The number of anilines is 1. The van der Waals surface area contributed by atoms with Crippen LogP contribution in [0, 0.1) is 0 Å². The summed E-state index contributed by atoms with van der Waals surface area (Å²) in [6.07, 6.45) is 6.55. The number of unbranched alkanes of at least 4 members (excludes halogenated alkanes) is 1. The van der Waals surface area contributed by atoms with E-state index in [1.54, 1.807) is 0 Å². The molecule has 1 aliphatic rings. The van der Waals surface area contributed by atoms with E-state index < -0.39 is 0 Å². The molecule has 4 rings (SSSR count). The van der Waals surface area contributed by atoms with Crippen LogP contribution in [0.3, 0.4) is 0 Å². The van der Waals surface area contributed by atoms with Crippen molar-refractivity contribution in [2.24, 2.45) is 0 Å². The predicted octanol–water partition coefficient (Wildman–Crippen LogP) is 6.14. The fraction of sp³-hybridized carbons (Fsp3) is 0.367. The molecule has 0 unspecified atom stereocenters. The van der Waals surface area contributed by atoms with E-state index in [2.05, 4.69) is 34.3 Å². The molecule has 1 N–H and O–H groups in total. The summed E-state index contributed by atoms with van der Waals surface area (Å²) in [6.45, 7) is 5.36. The molecule has 35 heavy (non-hydrogen) atoms. The number of nitrogens with zero attached hydrogens (tertiary/aromatic N) is 2. The van der Waals surface area contributed by atoms with E-state index in [1.165, 1.54) is 51.7 Å². The van der Waals surface area contributed by atoms with Gasteiger partial charge in [-0.2, -0.15) is 0 Å². The third-order valence-corrected chi connectivity index (χ3v) is 6.53. The molecule has 0 atom stereocenters. The van der Waals surface area contributed by atoms with Crippen LogP contribution in [0.5, 0.6) is 5.75 Å². The molecule has 1 amide bonds. The smallest absolute Gasteiger partial charge is 0.255 e. The average molecular weight is 472 g/mol. The van der Waals surface area contributed by atoms with Crippen molar-refractivity contribution in [1.82, 2.24) is 9.80 Å². The molecule has 184 valence electrons. The summed E-state index contributed by atoms with van der Waals surface area (Å²) in [6, 6.07) is 25.4. The number of ether oxygens (including phenoxy) is 1. The Labute approximate surface area is 209 Å². The lowest BCUT2D eigenvalue weighted by Crippen LogP contribution is -2.31. The normalized spacial score (nSPS) is 14.1. The quantitative estimate of drug-likeness (QED) is 0.269. The molecule has 1 heterocycles. The van der Waals surface area contributed by atoms with Crippen LogP contribution in [0.2, 0.25) is 0 Å². The number of carbonyl (C=O) groups excluding carboxylic acids is 1. The van der Waals surface area contributed by atoms with Crippen LogP contribution in [0.4, 0.5) is 5.69 Å². The molecular weight excluding hydrogens is 434 g/mol. The van der Waals surface area contributed by atoms with Gasteiger partial charge in [-0.05, 0) is 99.9 Å². The van der Waals surface area contributed by atoms with Crippen molar-refractivity contribution in [3.05, 3.63) is 84.4 Å². The van der Waals surface area contributed by atoms with Gasteiger partial charge in [-0.1, -0.05) is 48.9 Å². The van der Waals surface area contributed by atoms with Crippen LogP contribution in [0.15, 0.2) is 78.9 Å². The molecule has 3 aromatic carbocycles. The number of benzene rings is 3. The number of amides is 1. The second-order valence-electron chi connectivity index (χ2n) is 9.38. The largest absolute Gasteiger partial charge is 0.478 e. The van der Waals surface area contributed by atoms with Crippen LogP contribution >= 0.6 is 0 Å². The number of likely N-dealkylation sites (tertiary alicyclic amines) is 1. The molecule has 0 spiro atoms. The summed E-state index contributed by atoms with van der Waals surface area (Å²) in [5.74, 6) is 0.679. The van der Waals surface area contributed by atoms with E-state index in [9.17, 15) is 4.79 Å². The summed E-state index contributed by atoms with van der Waals surface area (Å²) in [4.78, 5) is 17.4. The van der Waals surface area contributed by atoms with Crippen LogP contribution in [-0.2, 0) is 0 Å². The molecule has 0 aliphatic carbocycles. The van der Waals surface area contributed by atoms with Gasteiger partial charge in [0.1, 0.15) is 12.5 Å². The fourth-order valence-corrected chi connectivity index (χ4v) is 4.43. The summed E-state index contributed by atoms with van der Waals surface area (Å²) in [7, 11) is 2.10. The topological polar surface area (TPSA) is 44.8 Å². The minimum Gasteiger partial charge on any atom is -0.478 e. The van der Waals surface area contributed by atoms with Crippen LogP contribution in [0.25, 0.3) is 11.1 Å². The highest BCUT2D eigenvalue weighted by atomic mass is 16.5. The summed E-state index contributed by atoms with van der Waals surface area (Å²) >= 11 is 0. The first-order chi connectivity index (χ1) is 17.2. The van der Waals surface area contributed by atoms with Gasteiger partial charge in [0.2, 0.25) is 0 Å². The fourth-order valence-electron chi connectivity index (χ4n) is 4.43. The lowest BCUT2D eigenvalue weighted by Gasteiger charge is -2.26. The molecule has 1 aliphatic heterocycles. The van der Waals surface area contributed by atoms with Gasteiger partial charge in [0.15, 0.2) is 0 Å². The van der Waals surface area contributed by atoms with E-state index in [0.29, 0.717) is 12.3 Å². The SMILES string of the molecule is CN(CCCCN1CCCCC1)COc1ccc(NC(=O)c2ccc(-c3ccccc3)cc2)cc1. The molecule has 1 saturated heterocycles. The number of piperidine rings is 1. The average Bonchev–Trinajstić information content (AvgIpc) is 2.92. The molecule has 3 aromatic rings. The summed E-state index contributed by atoms with van der Waals surface area (Å²) in [5, 5.41) is 2.96. The predicted molar refractivity (Wildman–Crippen MR) is 144 cm³/mol. The third kappa shape index (κ3) is 7.94. The van der Waals surface area contributed by atoms with Gasteiger partial charge in [-0.15, -0.1) is 0 Å². The van der Waals surface area contributed by atoms with Gasteiger partial charge in [-0.25, -0.2) is 0 Å². The van der Waals surface area contributed by atoms with Crippen molar-refractivity contribution < 1.29 is 9.53 Å². The van der Waals surface area contributed by atoms with Crippen molar-refractivity contribution in [1.29, 1.82) is 0 Å². The van der Waals surface area contributed by atoms with E-state index in [-0.39, 0.29) is 5.91 Å². The summed E-state index contributed by atoms with van der Waals surface area (Å²) < 4.78 is 5.92. The van der Waals surface area contributed by atoms with Crippen LogP contribution < -0.4 is 10.1 Å². The monoisotopic (exact) mass is 471 g/mol. The Balaban J connectivity index is 1.17. The maximum absolute atomic E-state index is 12.6. The van der Waals surface area contributed by atoms with Crippen LogP contribution in [0.1, 0.15) is 42.5 Å². The van der Waals surface area contributed by atoms with Crippen molar-refractivity contribution >= 4 is 11.6 Å². The Morgan fingerprint density at radius 3 is 2.26 bits per heavy atom. The van der Waals surface area contributed by atoms with E-state index >= 15 is 0 Å². The molecule has 0 radical (unpaired) electrons. The molecule has 0 bridgehead atoms. The third-order valence-electron chi connectivity index (χ3n) is 6.53. The standard InChI is InChI=1S/C30H37N3O2/c1-32(20-8-9-23-33-21-6-3-7-22-33)24-35-29-18-16-28(17-19-29)31-30(34)27-14-12-26(13-15-27)25-10-4-2-5-11-25/h2,4-5,10-19H,3,6-9,20-24H2,1H3,(H,31,34). The van der Waals surface area contributed by atoms with Gasteiger partial charge in [0.05, 0.1) is 0 Å². The first-order valence-corrected chi connectivity index (χ1v) is 12.8. The van der Waals surface area contributed by atoms with Gasteiger partial charge in [0.25, 0.3) is 5.91 Å². The molecular formula is C30H37N3O2. The lowest BCUT2D eigenvalue weighted by atomic mass is 10.0. The molecule has 0 saturated carbocycles. The Bertz CT molecular complexity index is 1030. The lowest BCUT2D eigenvalue weighted by molar-refractivity contribution is 0.102. The number of nitrogens with one attached hydrogen (secondary N) is 1. The number of hydrogen-bond donors (Lipinski definition) is 1. The highest BCUT2D eigenvalue weighted by Crippen LogP contribution is 2.21. The van der Waals surface area contributed by atoms with Crippen molar-refractivity contribution in [3.63, 3.8) is 0 Å². The summed E-state index contributed by atoms with van der Waals surface area (Å²) in [5.41, 5.74) is 3.61. The van der Waals surface area contributed by atoms with Gasteiger partial charge in [0, 0.05) is 17.8 Å². The minimum atomic E-state index is -0.123. The van der Waals surface area contributed by atoms with Gasteiger partial charge in [-0.3, -0.25) is 9.69 Å². The highest BCUT2D eigenvalue weighted by Gasteiger charge is 2.10. The maximum atomic E-state index is 12.6. The maximum Gasteiger partial charge on any atom is 0.255 e. The van der Waals surface area contributed by atoms with Crippen LogP contribution in [-0.4, -0.2) is 55.7 Å². The molecule has 5 heteroatoms. The first kappa shape index (κ1) is 25.0. The highest BCUT2D eigenvalue weighted by molar-refractivity contribution is 6.04. The van der Waals surface area contributed by atoms with Crippen molar-refractivity contribution in [2.45, 2.75) is 32.1 Å². The second-order valence-corrected chi connectivity index (χ2v) is 9.38. The first-order valence-electron chi connectivity index (χ1n) is 12.8. The van der Waals surface area contributed by atoms with Crippen molar-refractivity contribution in [2.75, 3.05) is 45.3 Å². The van der Waals surface area contributed by atoms with Gasteiger partial charge >= 0.3 is 0 Å². The minimum absolute atomic E-state index is 0.123. The zero-order valence-corrected chi connectivity index (χ0v) is 20.8. The van der Waals surface area contributed by atoms with E-state index in [1.807, 2.05) is 66.7 Å². The number of carbonyl (C=O) groups is 1. The van der Waals surface area contributed by atoms with E-state index in [4.69, 9.17) is 4.74 Å². The van der Waals surface area contributed by atoms with Crippen molar-refractivity contribution in [3.8, 4) is 16.9 Å². The molecule has 5 nitrogen and oxygen atoms in total. The molecule has 1 fully saturated rings.